The SMILES string of the molecule is CN1C(=O)C(=Cc2nc(C#N)c(N3CCOCC3)o2)SC1=S. The summed E-state index contributed by atoms with van der Waals surface area (Å²) in [6, 6.07) is 2.02. The Kier molecular flexibility index (Phi) is 4.15. The molecular formula is C13H12N4O3S2. The highest BCUT2D eigenvalue weighted by Gasteiger charge is 2.30. The molecule has 7 nitrogen and oxygen atoms in total. The maximum Gasteiger partial charge on any atom is 0.266 e. The van der Waals surface area contributed by atoms with Gasteiger partial charge >= 0.3 is 0 Å². The van der Waals surface area contributed by atoms with E-state index in [9.17, 15) is 10.1 Å². The summed E-state index contributed by atoms with van der Waals surface area (Å²) in [6.07, 6.45) is 1.52. The van der Waals surface area contributed by atoms with Crippen molar-refractivity contribution in [2.24, 2.45) is 0 Å². The summed E-state index contributed by atoms with van der Waals surface area (Å²) >= 11 is 6.26. The molecule has 2 aliphatic heterocycles. The van der Waals surface area contributed by atoms with Crippen molar-refractivity contribution in [3.63, 3.8) is 0 Å². The summed E-state index contributed by atoms with van der Waals surface area (Å²) in [6.45, 7) is 2.44. The first-order valence-corrected chi connectivity index (χ1v) is 7.78. The number of amides is 1. The van der Waals surface area contributed by atoms with Crippen LogP contribution < -0.4 is 4.90 Å². The number of rotatable bonds is 2. The minimum absolute atomic E-state index is 0.195. The first-order valence-electron chi connectivity index (χ1n) is 6.55. The van der Waals surface area contributed by atoms with Crippen LogP contribution in [0.1, 0.15) is 11.6 Å². The third kappa shape index (κ3) is 2.72. The van der Waals surface area contributed by atoms with Gasteiger partial charge in [-0.1, -0.05) is 24.0 Å². The minimum atomic E-state index is -0.195. The molecule has 0 spiro atoms. The Bertz CT molecular complexity index is 701. The van der Waals surface area contributed by atoms with Gasteiger partial charge < -0.3 is 14.1 Å². The molecule has 0 aliphatic carbocycles. The lowest BCUT2D eigenvalue weighted by Crippen LogP contribution is -2.36. The third-order valence-corrected chi connectivity index (χ3v) is 4.76. The van der Waals surface area contributed by atoms with Crippen LogP contribution >= 0.6 is 24.0 Å². The molecule has 3 rings (SSSR count). The average molecular weight is 336 g/mol. The Hall–Kier alpha value is -1.89. The van der Waals surface area contributed by atoms with Gasteiger partial charge in [0.25, 0.3) is 5.91 Å². The number of anilines is 1. The summed E-state index contributed by atoms with van der Waals surface area (Å²) in [7, 11) is 1.62. The summed E-state index contributed by atoms with van der Waals surface area (Å²) in [5, 5.41) is 9.21. The van der Waals surface area contributed by atoms with Gasteiger partial charge in [-0.15, -0.1) is 0 Å². The van der Waals surface area contributed by atoms with E-state index < -0.39 is 0 Å². The molecule has 2 saturated heterocycles. The average Bonchev–Trinajstić information content (AvgIpc) is 3.05. The van der Waals surface area contributed by atoms with Gasteiger partial charge in [0.2, 0.25) is 17.5 Å². The number of nitriles is 1. The van der Waals surface area contributed by atoms with Gasteiger partial charge in [-0.3, -0.25) is 9.69 Å². The predicted molar refractivity (Wildman–Crippen MR) is 85.2 cm³/mol. The smallest absolute Gasteiger partial charge is 0.266 e. The molecule has 0 radical (unpaired) electrons. The normalized spacial score (nSPS) is 20.8. The Labute approximate surface area is 136 Å². The second kappa shape index (κ2) is 6.08. The number of likely N-dealkylation sites (N-methyl/N-ethyl adjacent to an activating group) is 1. The van der Waals surface area contributed by atoms with Gasteiger partial charge in [0.1, 0.15) is 10.4 Å². The van der Waals surface area contributed by atoms with Crippen molar-refractivity contribution in [3.8, 4) is 6.07 Å². The van der Waals surface area contributed by atoms with Crippen LogP contribution in [0.4, 0.5) is 5.88 Å². The van der Waals surface area contributed by atoms with E-state index in [-0.39, 0.29) is 17.5 Å². The summed E-state index contributed by atoms with van der Waals surface area (Å²) in [5.74, 6) is 0.454. The monoisotopic (exact) mass is 336 g/mol. The van der Waals surface area contributed by atoms with E-state index in [2.05, 4.69) is 4.98 Å². The molecule has 0 bridgehead atoms. The van der Waals surface area contributed by atoms with Gasteiger partial charge in [-0.25, -0.2) is 0 Å². The van der Waals surface area contributed by atoms with Crippen LogP contribution in [0.2, 0.25) is 0 Å². The Morgan fingerprint density at radius 3 is 2.77 bits per heavy atom. The number of thioether (sulfide) groups is 1. The second-order valence-corrected chi connectivity index (χ2v) is 6.33. The molecule has 1 amide bonds. The van der Waals surface area contributed by atoms with Crippen molar-refractivity contribution in [3.05, 3.63) is 16.5 Å². The first kappa shape index (κ1) is 15.0. The van der Waals surface area contributed by atoms with E-state index in [1.165, 1.54) is 22.7 Å². The minimum Gasteiger partial charge on any atom is -0.420 e. The highest BCUT2D eigenvalue weighted by molar-refractivity contribution is 8.26. The molecule has 2 fully saturated rings. The van der Waals surface area contributed by atoms with Gasteiger partial charge in [-0.05, 0) is 0 Å². The maximum absolute atomic E-state index is 12.0. The van der Waals surface area contributed by atoms with Crippen LogP contribution in [0.3, 0.4) is 0 Å². The Morgan fingerprint density at radius 1 is 1.45 bits per heavy atom. The lowest BCUT2D eigenvalue weighted by molar-refractivity contribution is -0.121. The molecule has 9 heteroatoms. The van der Waals surface area contributed by atoms with E-state index >= 15 is 0 Å². The molecule has 2 aliphatic rings. The molecule has 0 unspecified atom stereocenters. The summed E-state index contributed by atoms with van der Waals surface area (Å²) in [5.41, 5.74) is 0.208. The molecule has 0 N–H and O–H groups in total. The molecule has 1 aromatic heterocycles. The highest BCUT2D eigenvalue weighted by atomic mass is 32.2. The van der Waals surface area contributed by atoms with Crippen LogP contribution in [-0.2, 0) is 9.53 Å². The van der Waals surface area contributed by atoms with E-state index in [1.807, 2.05) is 11.0 Å². The topological polar surface area (TPSA) is 82.6 Å². The fraction of sp³-hybridized carbons (Fsp3) is 0.385. The quantitative estimate of drug-likeness (QED) is 0.589. The van der Waals surface area contributed by atoms with E-state index in [0.29, 0.717) is 41.4 Å². The van der Waals surface area contributed by atoms with Crippen molar-refractivity contribution in [2.75, 3.05) is 38.3 Å². The zero-order valence-electron chi connectivity index (χ0n) is 11.7. The molecule has 114 valence electrons. The Balaban J connectivity index is 1.90. The molecule has 3 heterocycles. The number of aromatic nitrogens is 1. The van der Waals surface area contributed by atoms with Crippen molar-refractivity contribution < 1.29 is 13.9 Å². The zero-order chi connectivity index (χ0) is 15.7. The molecular weight excluding hydrogens is 324 g/mol. The predicted octanol–water partition coefficient (Wildman–Crippen LogP) is 1.21. The van der Waals surface area contributed by atoms with E-state index in [0.717, 1.165) is 0 Å². The third-order valence-electron chi connectivity index (χ3n) is 3.27. The summed E-state index contributed by atoms with van der Waals surface area (Å²) < 4.78 is 11.4. The fourth-order valence-corrected chi connectivity index (χ4v) is 3.25. The largest absolute Gasteiger partial charge is 0.420 e. The maximum atomic E-state index is 12.0. The van der Waals surface area contributed by atoms with E-state index in [1.54, 1.807) is 7.05 Å². The number of oxazole rings is 1. The molecule has 0 atom stereocenters. The van der Waals surface area contributed by atoms with Crippen LogP contribution in [0.15, 0.2) is 9.32 Å². The van der Waals surface area contributed by atoms with Crippen LogP contribution in [0, 0.1) is 11.3 Å². The van der Waals surface area contributed by atoms with Crippen molar-refractivity contribution in [1.29, 1.82) is 5.26 Å². The van der Waals surface area contributed by atoms with Crippen LogP contribution in [0.5, 0.6) is 0 Å². The van der Waals surface area contributed by atoms with Crippen LogP contribution in [0.25, 0.3) is 6.08 Å². The highest BCUT2D eigenvalue weighted by Crippen LogP contribution is 2.32. The molecule has 0 saturated carbocycles. The lowest BCUT2D eigenvalue weighted by atomic mass is 10.4. The van der Waals surface area contributed by atoms with Crippen molar-refractivity contribution >= 4 is 46.2 Å². The van der Waals surface area contributed by atoms with Crippen molar-refractivity contribution in [1.82, 2.24) is 9.88 Å². The molecule has 22 heavy (non-hydrogen) atoms. The Morgan fingerprint density at radius 2 is 2.18 bits per heavy atom. The summed E-state index contributed by atoms with van der Waals surface area (Å²) in [4.78, 5) is 19.9. The standard InChI is InChI=1S/C13H12N4O3S2/c1-16-11(18)9(22-13(16)21)6-10-15-8(7-14)12(20-10)17-2-4-19-5-3-17/h6H,2-5H2,1H3. The molecule has 0 aromatic carbocycles. The zero-order valence-corrected chi connectivity index (χ0v) is 13.4. The van der Waals surface area contributed by atoms with Crippen molar-refractivity contribution in [2.45, 2.75) is 0 Å². The first-order chi connectivity index (χ1) is 10.6. The number of carbonyl (C=O) groups is 1. The lowest BCUT2D eigenvalue weighted by Gasteiger charge is -2.25. The van der Waals surface area contributed by atoms with Gasteiger partial charge in [-0.2, -0.15) is 10.2 Å². The van der Waals surface area contributed by atoms with E-state index in [4.69, 9.17) is 21.4 Å². The number of hydrogen-bond donors (Lipinski definition) is 0. The number of carbonyl (C=O) groups excluding carboxylic acids is 1. The van der Waals surface area contributed by atoms with Crippen LogP contribution in [-0.4, -0.2) is 53.5 Å². The second-order valence-electron chi connectivity index (χ2n) is 4.66. The number of hydrogen-bond acceptors (Lipinski definition) is 8. The van der Waals surface area contributed by atoms with Gasteiger partial charge in [0.15, 0.2) is 0 Å². The number of thiocarbonyl (C=S) groups is 1. The molecule has 1 aromatic rings. The fourth-order valence-electron chi connectivity index (χ4n) is 2.10. The number of nitrogens with zero attached hydrogens (tertiary/aromatic N) is 4. The number of morpholine rings is 1. The van der Waals surface area contributed by atoms with Gasteiger partial charge in [0.05, 0.1) is 18.1 Å². The number of ether oxygens (including phenoxy) is 1. The van der Waals surface area contributed by atoms with Gasteiger partial charge in [0, 0.05) is 26.2 Å².